The second-order valence-electron chi connectivity index (χ2n) is 5.87. The molecule has 28 heavy (non-hydrogen) atoms. The fraction of sp³-hybridized carbons (Fsp3) is 0.0500. The van der Waals surface area contributed by atoms with Gasteiger partial charge in [0.15, 0.2) is 5.11 Å². The molecule has 2 aromatic carbocycles. The number of carbonyl (C=O) groups excluding carboxylic acids is 1. The summed E-state index contributed by atoms with van der Waals surface area (Å²) >= 11 is 11.0. The summed E-state index contributed by atoms with van der Waals surface area (Å²) in [6.45, 7) is 0.674. The number of hydrogen-bond acceptors (Lipinski definition) is 3. The average Bonchev–Trinajstić information content (AvgIpc) is 3.15. The molecule has 1 aromatic heterocycles. The number of nitrogens with one attached hydrogen (secondary N) is 3. The molecule has 3 N–H and O–H groups in total. The Morgan fingerprint density at radius 2 is 1.86 bits per heavy atom. The van der Waals surface area contributed by atoms with Crippen molar-refractivity contribution >= 4 is 46.6 Å². The Kier molecular flexibility index (Phi) is 6.78. The van der Waals surface area contributed by atoms with Crippen LogP contribution in [0.25, 0.3) is 6.08 Å². The van der Waals surface area contributed by atoms with Crippen LogP contribution in [0.5, 0.6) is 0 Å². The normalized spacial score (nSPS) is 10.6. The van der Waals surface area contributed by atoms with Crippen molar-refractivity contribution in [2.75, 3.05) is 5.32 Å². The van der Waals surface area contributed by atoms with Gasteiger partial charge in [0.25, 0.3) is 5.91 Å². The molecular formula is C20H18ClN5OS. The van der Waals surface area contributed by atoms with Crippen molar-refractivity contribution in [2.45, 2.75) is 6.54 Å². The minimum atomic E-state index is -0.337. The summed E-state index contributed by atoms with van der Waals surface area (Å²) in [5.41, 5.74) is 7.88. The molecule has 0 spiro atoms. The van der Waals surface area contributed by atoms with Gasteiger partial charge in [0, 0.05) is 28.5 Å². The van der Waals surface area contributed by atoms with Gasteiger partial charge in [-0.05, 0) is 48.1 Å². The van der Waals surface area contributed by atoms with Crippen molar-refractivity contribution < 1.29 is 4.79 Å². The minimum absolute atomic E-state index is 0.264. The van der Waals surface area contributed by atoms with Crippen LogP contribution in [0.3, 0.4) is 0 Å². The number of carbonyl (C=O) groups is 1. The van der Waals surface area contributed by atoms with Crippen molar-refractivity contribution in [1.82, 2.24) is 20.6 Å². The van der Waals surface area contributed by atoms with E-state index in [-0.39, 0.29) is 11.0 Å². The van der Waals surface area contributed by atoms with Crippen LogP contribution in [0.2, 0.25) is 5.02 Å². The highest BCUT2D eigenvalue weighted by atomic mass is 35.5. The molecule has 0 unspecified atom stereocenters. The smallest absolute Gasteiger partial charge is 0.262 e. The predicted octanol–water partition coefficient (Wildman–Crippen LogP) is 3.62. The summed E-state index contributed by atoms with van der Waals surface area (Å²) in [6, 6.07) is 17.1. The Morgan fingerprint density at radius 3 is 2.61 bits per heavy atom. The first-order valence-electron chi connectivity index (χ1n) is 8.45. The van der Waals surface area contributed by atoms with Crippen molar-refractivity contribution in [1.29, 1.82) is 0 Å². The molecule has 0 radical (unpaired) electrons. The number of aromatic nitrogens is 2. The van der Waals surface area contributed by atoms with Crippen LogP contribution in [0.15, 0.2) is 73.1 Å². The highest BCUT2D eigenvalue weighted by molar-refractivity contribution is 7.80. The third-order valence-electron chi connectivity index (χ3n) is 3.67. The first kappa shape index (κ1) is 19.6. The maximum Gasteiger partial charge on any atom is 0.262 e. The molecule has 1 heterocycles. The zero-order valence-corrected chi connectivity index (χ0v) is 16.4. The fourth-order valence-electron chi connectivity index (χ4n) is 2.35. The number of hydrogen-bond donors (Lipinski definition) is 3. The molecule has 0 saturated heterocycles. The number of halogens is 1. The van der Waals surface area contributed by atoms with Gasteiger partial charge in [-0.1, -0.05) is 41.9 Å². The Labute approximate surface area is 173 Å². The molecule has 0 saturated carbocycles. The Balaban J connectivity index is 1.44. The van der Waals surface area contributed by atoms with Gasteiger partial charge in [-0.2, -0.15) is 5.10 Å². The molecule has 0 bridgehead atoms. The number of benzene rings is 2. The highest BCUT2D eigenvalue weighted by Crippen LogP contribution is 2.13. The monoisotopic (exact) mass is 411 g/mol. The standard InChI is InChI=1S/C20H18ClN5OS/c21-17-7-9-18(10-8-17)23-20(28)25-24-19(27)11-6-16-12-22-26(14-16)13-15-4-2-1-3-5-15/h1-12,14H,13H2,(H,24,27)(H2,23,25,28)/b11-6+. The van der Waals surface area contributed by atoms with Crippen LogP contribution < -0.4 is 16.2 Å². The molecule has 3 aromatic rings. The maximum atomic E-state index is 11.9. The van der Waals surface area contributed by atoms with Crippen LogP contribution >= 0.6 is 23.8 Å². The lowest BCUT2D eigenvalue weighted by molar-refractivity contribution is -0.116. The number of thiocarbonyl (C=S) groups is 1. The molecule has 3 rings (SSSR count). The van der Waals surface area contributed by atoms with E-state index in [9.17, 15) is 4.79 Å². The van der Waals surface area contributed by atoms with Crippen molar-refractivity contribution in [3.63, 3.8) is 0 Å². The number of hydrazine groups is 1. The second kappa shape index (κ2) is 9.68. The first-order chi connectivity index (χ1) is 13.6. The number of nitrogens with zero attached hydrogens (tertiary/aromatic N) is 2. The average molecular weight is 412 g/mol. The first-order valence-corrected chi connectivity index (χ1v) is 9.24. The SMILES string of the molecule is O=C(/C=C/c1cnn(Cc2ccccc2)c1)NNC(=S)Nc1ccc(Cl)cc1. The largest absolute Gasteiger partial charge is 0.331 e. The molecule has 0 atom stereocenters. The summed E-state index contributed by atoms with van der Waals surface area (Å²) in [4.78, 5) is 11.9. The van der Waals surface area contributed by atoms with E-state index in [0.717, 1.165) is 16.8 Å². The van der Waals surface area contributed by atoms with Crippen LogP contribution in [0.4, 0.5) is 5.69 Å². The summed E-state index contributed by atoms with van der Waals surface area (Å²) in [5, 5.41) is 8.13. The van der Waals surface area contributed by atoms with Crippen molar-refractivity contribution in [2.24, 2.45) is 0 Å². The van der Waals surface area contributed by atoms with Gasteiger partial charge < -0.3 is 5.32 Å². The van der Waals surface area contributed by atoms with Gasteiger partial charge in [-0.25, -0.2) is 0 Å². The predicted molar refractivity (Wildman–Crippen MR) is 116 cm³/mol. The molecular weight excluding hydrogens is 394 g/mol. The third kappa shape index (κ3) is 6.22. The number of anilines is 1. The van der Waals surface area contributed by atoms with E-state index in [2.05, 4.69) is 21.3 Å². The summed E-state index contributed by atoms with van der Waals surface area (Å²) in [6.07, 6.45) is 6.66. The van der Waals surface area contributed by atoms with Crippen LogP contribution in [0.1, 0.15) is 11.1 Å². The van der Waals surface area contributed by atoms with Crippen LogP contribution in [-0.4, -0.2) is 20.8 Å². The van der Waals surface area contributed by atoms with Gasteiger partial charge in [-0.3, -0.25) is 20.3 Å². The lowest BCUT2D eigenvalue weighted by Crippen LogP contribution is -2.43. The topological polar surface area (TPSA) is 71.0 Å². The van der Waals surface area contributed by atoms with Gasteiger partial charge in [-0.15, -0.1) is 0 Å². The van der Waals surface area contributed by atoms with E-state index in [0.29, 0.717) is 11.6 Å². The van der Waals surface area contributed by atoms with Crippen LogP contribution in [-0.2, 0) is 11.3 Å². The van der Waals surface area contributed by atoms with Gasteiger partial charge in [0.1, 0.15) is 0 Å². The zero-order chi connectivity index (χ0) is 19.8. The zero-order valence-electron chi connectivity index (χ0n) is 14.8. The molecule has 0 aliphatic heterocycles. The molecule has 0 aliphatic rings. The fourth-order valence-corrected chi connectivity index (χ4v) is 2.64. The van der Waals surface area contributed by atoms with Crippen molar-refractivity contribution in [3.05, 3.63) is 89.2 Å². The minimum Gasteiger partial charge on any atom is -0.331 e. The number of rotatable bonds is 5. The van der Waals surface area contributed by atoms with E-state index in [1.165, 1.54) is 6.08 Å². The molecule has 0 fully saturated rings. The lowest BCUT2D eigenvalue weighted by atomic mass is 10.2. The van der Waals surface area contributed by atoms with E-state index >= 15 is 0 Å². The summed E-state index contributed by atoms with van der Waals surface area (Å²) < 4.78 is 1.82. The molecule has 6 nitrogen and oxygen atoms in total. The Morgan fingerprint density at radius 1 is 1.11 bits per heavy atom. The maximum absolute atomic E-state index is 11.9. The Bertz CT molecular complexity index is 970. The van der Waals surface area contributed by atoms with E-state index < -0.39 is 0 Å². The quantitative estimate of drug-likeness (QED) is 0.340. The molecule has 8 heteroatoms. The third-order valence-corrected chi connectivity index (χ3v) is 4.13. The second-order valence-corrected chi connectivity index (χ2v) is 6.71. The molecule has 142 valence electrons. The van der Waals surface area contributed by atoms with Gasteiger partial charge in [0.05, 0.1) is 12.7 Å². The van der Waals surface area contributed by atoms with E-state index in [1.807, 2.05) is 41.2 Å². The Hall–Kier alpha value is -3.16. The lowest BCUT2D eigenvalue weighted by Gasteiger charge is -2.10. The molecule has 0 aliphatic carbocycles. The number of amides is 1. The molecule has 1 amide bonds. The summed E-state index contributed by atoms with van der Waals surface area (Å²) in [7, 11) is 0. The summed E-state index contributed by atoms with van der Waals surface area (Å²) in [5.74, 6) is -0.337. The van der Waals surface area contributed by atoms with Crippen LogP contribution in [0, 0.1) is 0 Å². The van der Waals surface area contributed by atoms with Gasteiger partial charge >= 0.3 is 0 Å². The van der Waals surface area contributed by atoms with Crippen molar-refractivity contribution in [3.8, 4) is 0 Å². The van der Waals surface area contributed by atoms with E-state index in [4.69, 9.17) is 23.8 Å². The van der Waals surface area contributed by atoms with E-state index in [1.54, 1.807) is 36.5 Å². The highest BCUT2D eigenvalue weighted by Gasteiger charge is 2.01. The van der Waals surface area contributed by atoms with Gasteiger partial charge in [0.2, 0.25) is 0 Å².